The first-order chi connectivity index (χ1) is 13.2. The SMILES string of the molecule is O=C1N[C@]2(CCCc3ccccc32)C(=O)N1Cc1cccc2ccccc12. The largest absolute Gasteiger partial charge is 0.325 e. The molecule has 1 spiro atoms. The molecule has 1 saturated heterocycles. The van der Waals surface area contributed by atoms with E-state index in [1.54, 1.807) is 0 Å². The second-order valence-corrected chi connectivity index (χ2v) is 7.38. The predicted octanol–water partition coefficient (Wildman–Crippen LogP) is 4.12. The van der Waals surface area contributed by atoms with Gasteiger partial charge in [-0.15, -0.1) is 0 Å². The normalized spacial score (nSPS) is 21.6. The van der Waals surface area contributed by atoms with Gasteiger partial charge in [-0.2, -0.15) is 0 Å². The van der Waals surface area contributed by atoms with Crippen molar-refractivity contribution in [2.45, 2.75) is 31.3 Å². The highest BCUT2D eigenvalue weighted by Gasteiger charge is 2.53. The molecule has 0 unspecified atom stereocenters. The van der Waals surface area contributed by atoms with Crippen LogP contribution in [0.4, 0.5) is 4.79 Å². The number of nitrogens with zero attached hydrogens (tertiary/aromatic N) is 1. The third kappa shape index (κ3) is 2.36. The fraction of sp³-hybridized carbons (Fsp3) is 0.217. The van der Waals surface area contributed by atoms with Crippen LogP contribution in [-0.2, 0) is 23.3 Å². The lowest BCUT2D eigenvalue weighted by Crippen LogP contribution is -2.46. The van der Waals surface area contributed by atoms with Gasteiger partial charge in [0.1, 0.15) is 5.54 Å². The Bertz CT molecular complexity index is 1070. The van der Waals surface area contributed by atoms with Gasteiger partial charge in [0.05, 0.1) is 6.54 Å². The molecule has 3 aromatic rings. The van der Waals surface area contributed by atoms with Crippen LogP contribution in [0.2, 0.25) is 0 Å². The Labute approximate surface area is 157 Å². The van der Waals surface area contributed by atoms with E-state index in [9.17, 15) is 9.59 Å². The highest BCUT2D eigenvalue weighted by Crippen LogP contribution is 2.40. The standard InChI is InChI=1S/C23H20N2O2/c26-21-23(14-6-11-17-8-2-4-13-20(17)23)24-22(27)25(21)15-18-10-5-9-16-7-1-3-12-19(16)18/h1-5,7-10,12-13H,6,11,14-15H2,(H,24,27)/t23-/m0/s1. The molecule has 2 aliphatic rings. The predicted molar refractivity (Wildman–Crippen MR) is 104 cm³/mol. The quantitative estimate of drug-likeness (QED) is 0.702. The summed E-state index contributed by atoms with van der Waals surface area (Å²) in [6.45, 7) is 0.288. The zero-order valence-corrected chi connectivity index (χ0v) is 14.9. The van der Waals surface area contributed by atoms with Gasteiger partial charge in [0.2, 0.25) is 0 Å². The molecule has 1 N–H and O–H groups in total. The number of nitrogens with one attached hydrogen (secondary N) is 1. The molecule has 134 valence electrons. The van der Waals surface area contributed by atoms with E-state index in [1.807, 2.05) is 60.7 Å². The Morgan fingerprint density at radius 3 is 2.63 bits per heavy atom. The molecule has 27 heavy (non-hydrogen) atoms. The lowest BCUT2D eigenvalue weighted by molar-refractivity contribution is -0.132. The van der Waals surface area contributed by atoms with Gasteiger partial charge in [0.25, 0.3) is 5.91 Å². The van der Waals surface area contributed by atoms with Crippen molar-refractivity contribution < 1.29 is 9.59 Å². The van der Waals surface area contributed by atoms with E-state index in [2.05, 4.69) is 11.4 Å². The summed E-state index contributed by atoms with van der Waals surface area (Å²) >= 11 is 0. The summed E-state index contributed by atoms with van der Waals surface area (Å²) < 4.78 is 0. The number of benzene rings is 3. The Hall–Kier alpha value is -3.14. The number of carbonyl (C=O) groups excluding carboxylic acids is 2. The van der Waals surface area contributed by atoms with Gasteiger partial charge in [-0.1, -0.05) is 66.7 Å². The smallest absolute Gasteiger partial charge is 0.319 e. The zero-order valence-electron chi connectivity index (χ0n) is 14.9. The summed E-state index contributed by atoms with van der Waals surface area (Å²) in [6, 6.07) is 21.7. The van der Waals surface area contributed by atoms with E-state index in [1.165, 1.54) is 4.90 Å². The third-order valence-electron chi connectivity index (χ3n) is 5.86. The van der Waals surface area contributed by atoms with E-state index in [-0.39, 0.29) is 18.5 Å². The van der Waals surface area contributed by atoms with Gasteiger partial charge in [0, 0.05) is 0 Å². The average molecular weight is 356 g/mol. The Morgan fingerprint density at radius 1 is 0.926 bits per heavy atom. The first kappa shape index (κ1) is 16.1. The maximum Gasteiger partial charge on any atom is 0.325 e. The van der Waals surface area contributed by atoms with Crippen LogP contribution in [0.15, 0.2) is 66.7 Å². The number of hydrogen-bond donors (Lipinski definition) is 1. The van der Waals surface area contributed by atoms with Crippen molar-refractivity contribution in [1.29, 1.82) is 0 Å². The highest BCUT2D eigenvalue weighted by molar-refractivity contribution is 6.08. The van der Waals surface area contributed by atoms with Crippen LogP contribution in [0.1, 0.15) is 29.5 Å². The second-order valence-electron chi connectivity index (χ2n) is 7.38. The average Bonchev–Trinajstić information content (AvgIpc) is 2.93. The number of hydrogen-bond acceptors (Lipinski definition) is 2. The minimum absolute atomic E-state index is 0.132. The summed E-state index contributed by atoms with van der Waals surface area (Å²) in [5.41, 5.74) is 2.19. The molecule has 1 fully saturated rings. The Balaban J connectivity index is 1.54. The molecule has 1 heterocycles. The topological polar surface area (TPSA) is 49.4 Å². The molecule has 3 aromatic carbocycles. The number of carbonyl (C=O) groups is 2. The van der Waals surface area contributed by atoms with E-state index < -0.39 is 5.54 Å². The van der Waals surface area contributed by atoms with Crippen LogP contribution in [-0.4, -0.2) is 16.8 Å². The summed E-state index contributed by atoms with van der Waals surface area (Å²) in [5, 5.41) is 5.22. The van der Waals surface area contributed by atoms with Crippen LogP contribution in [0.25, 0.3) is 10.8 Å². The van der Waals surface area contributed by atoms with Gasteiger partial charge >= 0.3 is 6.03 Å². The number of fused-ring (bicyclic) bond motifs is 3. The molecule has 4 heteroatoms. The van der Waals surface area contributed by atoms with Crippen LogP contribution >= 0.6 is 0 Å². The molecule has 0 bridgehead atoms. The van der Waals surface area contributed by atoms with Crippen molar-refractivity contribution in [2.24, 2.45) is 0 Å². The lowest BCUT2D eigenvalue weighted by atomic mass is 9.76. The monoisotopic (exact) mass is 356 g/mol. The van der Waals surface area contributed by atoms with Gasteiger partial charge in [0.15, 0.2) is 0 Å². The van der Waals surface area contributed by atoms with Crippen molar-refractivity contribution in [3.8, 4) is 0 Å². The molecular weight excluding hydrogens is 336 g/mol. The molecule has 4 nitrogen and oxygen atoms in total. The first-order valence-corrected chi connectivity index (χ1v) is 9.38. The molecule has 0 radical (unpaired) electrons. The van der Waals surface area contributed by atoms with Gasteiger partial charge < -0.3 is 5.32 Å². The van der Waals surface area contributed by atoms with E-state index in [0.29, 0.717) is 6.42 Å². The number of urea groups is 1. The molecule has 1 atom stereocenters. The minimum atomic E-state index is -0.906. The lowest BCUT2D eigenvalue weighted by Gasteiger charge is -2.33. The van der Waals surface area contributed by atoms with E-state index in [0.717, 1.165) is 40.3 Å². The van der Waals surface area contributed by atoms with Crippen molar-refractivity contribution >= 4 is 22.7 Å². The molecule has 0 saturated carbocycles. The van der Waals surface area contributed by atoms with Crippen LogP contribution in [0.3, 0.4) is 0 Å². The van der Waals surface area contributed by atoms with Gasteiger partial charge in [-0.3, -0.25) is 9.69 Å². The van der Waals surface area contributed by atoms with Crippen LogP contribution in [0.5, 0.6) is 0 Å². The van der Waals surface area contributed by atoms with E-state index in [4.69, 9.17) is 0 Å². The highest BCUT2D eigenvalue weighted by atomic mass is 16.2. The summed E-state index contributed by atoms with van der Waals surface area (Å²) in [4.78, 5) is 27.6. The first-order valence-electron chi connectivity index (χ1n) is 9.38. The van der Waals surface area contributed by atoms with Crippen LogP contribution in [0, 0.1) is 0 Å². The molecular formula is C23H20N2O2. The minimum Gasteiger partial charge on any atom is -0.319 e. The third-order valence-corrected chi connectivity index (χ3v) is 5.86. The maximum atomic E-state index is 13.4. The van der Waals surface area contributed by atoms with Crippen molar-refractivity contribution in [1.82, 2.24) is 10.2 Å². The van der Waals surface area contributed by atoms with Crippen molar-refractivity contribution in [2.75, 3.05) is 0 Å². The Morgan fingerprint density at radius 2 is 1.70 bits per heavy atom. The second kappa shape index (κ2) is 5.95. The van der Waals surface area contributed by atoms with Crippen LogP contribution < -0.4 is 5.32 Å². The number of imide groups is 1. The summed E-state index contributed by atoms with van der Waals surface area (Å²) in [6.07, 6.45) is 2.50. The van der Waals surface area contributed by atoms with Gasteiger partial charge in [-0.05, 0) is 46.7 Å². The molecule has 1 aliphatic carbocycles. The molecule has 3 amide bonds. The molecule has 1 aliphatic heterocycles. The van der Waals surface area contributed by atoms with Crippen molar-refractivity contribution in [3.05, 3.63) is 83.4 Å². The molecule has 0 aromatic heterocycles. The fourth-order valence-electron chi connectivity index (χ4n) is 4.56. The number of amides is 3. The van der Waals surface area contributed by atoms with E-state index >= 15 is 0 Å². The Kier molecular flexibility index (Phi) is 3.54. The molecule has 5 rings (SSSR count). The summed E-state index contributed by atoms with van der Waals surface area (Å²) in [7, 11) is 0. The number of aryl methyl sites for hydroxylation is 1. The maximum absolute atomic E-state index is 13.4. The van der Waals surface area contributed by atoms with Gasteiger partial charge in [-0.25, -0.2) is 4.79 Å². The fourth-order valence-corrected chi connectivity index (χ4v) is 4.56. The number of rotatable bonds is 2. The zero-order chi connectivity index (χ0) is 18.4. The van der Waals surface area contributed by atoms with Crippen molar-refractivity contribution in [3.63, 3.8) is 0 Å². The summed E-state index contributed by atoms with van der Waals surface area (Å²) in [5.74, 6) is -0.132.